The van der Waals surface area contributed by atoms with E-state index >= 15 is 0 Å². The van der Waals surface area contributed by atoms with Crippen LogP contribution in [0.25, 0.3) is 0 Å². The number of sulfonamides is 1. The number of carbonyl (C=O) groups excluding carboxylic acids is 1. The molecule has 7 nitrogen and oxygen atoms in total. The fourth-order valence-corrected chi connectivity index (χ4v) is 2.56. The fraction of sp³-hybridized carbons (Fsp3) is 0.235. The van der Waals surface area contributed by atoms with E-state index in [0.29, 0.717) is 24.5 Å². The summed E-state index contributed by atoms with van der Waals surface area (Å²) >= 11 is 0. The van der Waals surface area contributed by atoms with Crippen LogP contribution in [0.2, 0.25) is 0 Å². The van der Waals surface area contributed by atoms with Crippen LogP contribution in [0, 0.1) is 0 Å². The van der Waals surface area contributed by atoms with Gasteiger partial charge in [0, 0.05) is 12.1 Å². The Morgan fingerprint density at radius 3 is 2.20 bits per heavy atom. The number of ether oxygens (including phenoxy) is 2. The average molecular weight is 364 g/mol. The first-order chi connectivity index (χ1) is 11.9. The highest BCUT2D eigenvalue weighted by atomic mass is 32.2. The van der Waals surface area contributed by atoms with Crippen molar-refractivity contribution in [2.75, 3.05) is 19.0 Å². The van der Waals surface area contributed by atoms with E-state index in [4.69, 9.17) is 14.6 Å². The predicted molar refractivity (Wildman–Crippen MR) is 94.2 cm³/mol. The molecule has 0 aliphatic rings. The number of carbonyl (C=O) groups is 1. The molecule has 2 rings (SSSR count). The molecule has 0 bridgehead atoms. The van der Waals surface area contributed by atoms with Gasteiger partial charge in [0.05, 0.1) is 18.6 Å². The summed E-state index contributed by atoms with van der Waals surface area (Å²) < 4.78 is 32.9. The number of primary sulfonamides is 1. The molecule has 0 atom stereocenters. The van der Waals surface area contributed by atoms with Gasteiger partial charge in [0.15, 0.2) is 0 Å². The number of amides is 1. The Kier molecular flexibility index (Phi) is 6.37. The second-order valence-electron chi connectivity index (χ2n) is 5.25. The number of hydrogen-bond acceptors (Lipinski definition) is 5. The Balaban J connectivity index is 1.73. The predicted octanol–water partition coefficient (Wildman–Crippen LogP) is 2.14. The lowest BCUT2D eigenvalue weighted by atomic mass is 10.2. The highest BCUT2D eigenvalue weighted by Crippen LogP contribution is 2.17. The topological polar surface area (TPSA) is 108 Å². The minimum atomic E-state index is -3.73. The molecule has 1 amide bonds. The summed E-state index contributed by atoms with van der Waals surface area (Å²) in [6, 6.07) is 12.9. The van der Waals surface area contributed by atoms with E-state index in [-0.39, 0.29) is 17.2 Å². The molecule has 0 aliphatic carbocycles. The monoisotopic (exact) mass is 364 g/mol. The lowest BCUT2D eigenvalue weighted by Gasteiger charge is -2.08. The van der Waals surface area contributed by atoms with Gasteiger partial charge < -0.3 is 14.8 Å². The second kappa shape index (κ2) is 8.50. The molecule has 25 heavy (non-hydrogen) atoms. The lowest BCUT2D eigenvalue weighted by Crippen LogP contribution is -2.14. The summed E-state index contributed by atoms with van der Waals surface area (Å²) in [5.74, 6) is 1.28. The van der Waals surface area contributed by atoms with Crippen molar-refractivity contribution in [1.82, 2.24) is 0 Å². The quantitative estimate of drug-likeness (QED) is 0.698. The molecule has 0 saturated heterocycles. The molecule has 0 fully saturated rings. The Hall–Kier alpha value is -2.58. The van der Waals surface area contributed by atoms with Crippen molar-refractivity contribution in [3.05, 3.63) is 48.5 Å². The van der Waals surface area contributed by atoms with Crippen LogP contribution >= 0.6 is 0 Å². The molecule has 0 saturated carbocycles. The minimum absolute atomic E-state index is 0.00149. The Bertz CT molecular complexity index is 802. The Morgan fingerprint density at radius 1 is 1.04 bits per heavy atom. The number of benzene rings is 2. The van der Waals surface area contributed by atoms with Gasteiger partial charge in [-0.05, 0) is 55.0 Å². The van der Waals surface area contributed by atoms with E-state index in [1.807, 2.05) is 0 Å². The van der Waals surface area contributed by atoms with Crippen LogP contribution in [0.1, 0.15) is 12.8 Å². The normalized spacial score (nSPS) is 11.0. The molecule has 2 aromatic carbocycles. The van der Waals surface area contributed by atoms with Gasteiger partial charge in [0.25, 0.3) is 0 Å². The van der Waals surface area contributed by atoms with E-state index in [0.717, 1.165) is 5.75 Å². The maximum Gasteiger partial charge on any atom is 0.238 e. The lowest BCUT2D eigenvalue weighted by molar-refractivity contribution is -0.116. The van der Waals surface area contributed by atoms with E-state index in [2.05, 4.69) is 5.32 Å². The van der Waals surface area contributed by atoms with Gasteiger partial charge in [0.1, 0.15) is 11.5 Å². The number of methoxy groups -OCH3 is 1. The summed E-state index contributed by atoms with van der Waals surface area (Å²) in [7, 11) is -2.14. The first-order valence-electron chi connectivity index (χ1n) is 7.58. The highest BCUT2D eigenvalue weighted by Gasteiger charge is 2.08. The van der Waals surface area contributed by atoms with Gasteiger partial charge >= 0.3 is 0 Å². The van der Waals surface area contributed by atoms with Crippen molar-refractivity contribution in [3.63, 3.8) is 0 Å². The molecule has 8 heteroatoms. The molecular weight excluding hydrogens is 344 g/mol. The first-order valence-corrected chi connectivity index (χ1v) is 9.13. The number of anilines is 1. The van der Waals surface area contributed by atoms with E-state index in [1.54, 1.807) is 31.4 Å². The maximum atomic E-state index is 11.9. The van der Waals surface area contributed by atoms with Crippen LogP contribution in [0.5, 0.6) is 11.5 Å². The summed E-state index contributed by atoms with van der Waals surface area (Å²) in [5, 5.41) is 7.70. The molecule has 0 heterocycles. The van der Waals surface area contributed by atoms with Gasteiger partial charge in [-0.15, -0.1) is 0 Å². The summed E-state index contributed by atoms with van der Waals surface area (Å²) in [5.41, 5.74) is 0.508. The standard InChI is InChI=1S/C17H20N2O5S/c1-23-14-6-8-15(9-7-14)24-12-2-3-17(20)19-13-4-10-16(11-5-13)25(18,21)22/h4-11H,2-3,12H2,1H3,(H,19,20)(H2,18,21,22). The molecule has 0 radical (unpaired) electrons. The van der Waals surface area contributed by atoms with Crippen molar-refractivity contribution >= 4 is 21.6 Å². The van der Waals surface area contributed by atoms with Gasteiger partial charge in [-0.25, -0.2) is 13.6 Å². The zero-order chi connectivity index (χ0) is 18.3. The third-order valence-corrected chi connectivity index (χ3v) is 4.27. The number of nitrogens with two attached hydrogens (primary N) is 1. The molecule has 3 N–H and O–H groups in total. The zero-order valence-electron chi connectivity index (χ0n) is 13.8. The van der Waals surface area contributed by atoms with Gasteiger partial charge in [0.2, 0.25) is 15.9 Å². The average Bonchev–Trinajstić information content (AvgIpc) is 2.59. The summed E-state index contributed by atoms with van der Waals surface area (Å²) in [6.07, 6.45) is 0.834. The summed E-state index contributed by atoms with van der Waals surface area (Å²) in [6.45, 7) is 0.407. The van der Waals surface area contributed by atoms with Crippen LogP contribution in [-0.4, -0.2) is 28.0 Å². The van der Waals surface area contributed by atoms with Crippen LogP contribution in [0.15, 0.2) is 53.4 Å². The molecule has 0 aromatic heterocycles. The fourth-order valence-electron chi connectivity index (χ4n) is 2.05. The zero-order valence-corrected chi connectivity index (χ0v) is 14.6. The molecule has 0 spiro atoms. The van der Waals surface area contributed by atoms with E-state index in [1.165, 1.54) is 24.3 Å². The largest absolute Gasteiger partial charge is 0.497 e. The molecule has 2 aromatic rings. The second-order valence-corrected chi connectivity index (χ2v) is 6.81. The SMILES string of the molecule is COc1ccc(OCCCC(=O)Nc2ccc(S(N)(=O)=O)cc2)cc1. The maximum absolute atomic E-state index is 11.9. The smallest absolute Gasteiger partial charge is 0.238 e. The van der Waals surface area contributed by atoms with Gasteiger partial charge in [-0.1, -0.05) is 0 Å². The van der Waals surface area contributed by atoms with Crippen molar-refractivity contribution in [2.24, 2.45) is 5.14 Å². The summed E-state index contributed by atoms with van der Waals surface area (Å²) in [4.78, 5) is 11.9. The van der Waals surface area contributed by atoms with Crippen molar-refractivity contribution in [1.29, 1.82) is 0 Å². The Labute approximate surface area is 146 Å². The van der Waals surface area contributed by atoms with E-state index < -0.39 is 10.0 Å². The first kappa shape index (κ1) is 18.8. The highest BCUT2D eigenvalue weighted by molar-refractivity contribution is 7.89. The molecule has 0 aliphatic heterocycles. The third-order valence-electron chi connectivity index (χ3n) is 3.34. The van der Waals surface area contributed by atoms with Crippen LogP contribution in [0.3, 0.4) is 0 Å². The van der Waals surface area contributed by atoms with Crippen LogP contribution in [0.4, 0.5) is 5.69 Å². The van der Waals surface area contributed by atoms with Gasteiger partial charge in [-0.2, -0.15) is 0 Å². The van der Waals surface area contributed by atoms with Crippen molar-refractivity contribution in [2.45, 2.75) is 17.7 Å². The number of hydrogen-bond donors (Lipinski definition) is 2. The van der Waals surface area contributed by atoms with Gasteiger partial charge in [-0.3, -0.25) is 4.79 Å². The number of nitrogens with one attached hydrogen (secondary N) is 1. The molecule has 0 unspecified atom stereocenters. The van der Waals surface area contributed by atoms with E-state index in [9.17, 15) is 13.2 Å². The minimum Gasteiger partial charge on any atom is -0.497 e. The van der Waals surface area contributed by atoms with Crippen molar-refractivity contribution < 1.29 is 22.7 Å². The van der Waals surface area contributed by atoms with Crippen molar-refractivity contribution in [3.8, 4) is 11.5 Å². The molecular formula is C17H20N2O5S. The Morgan fingerprint density at radius 2 is 1.64 bits per heavy atom. The van der Waals surface area contributed by atoms with Crippen LogP contribution < -0.4 is 19.9 Å². The van der Waals surface area contributed by atoms with Crippen LogP contribution in [-0.2, 0) is 14.8 Å². The molecule has 134 valence electrons. The number of rotatable bonds is 8. The third kappa shape index (κ3) is 6.09.